The average molecular weight is 338 g/mol. The highest BCUT2D eigenvalue weighted by Gasteiger charge is 2.03. The molecule has 0 aliphatic carbocycles. The standard InChI is InChI=1S/C15H13BrFNO2/c16-12-2-1-3-14(8-12)20-10-15(19)18-9-11-4-6-13(17)7-5-11/h1-8H,9-10H2,(H,18,19). The summed E-state index contributed by atoms with van der Waals surface area (Å²) in [7, 11) is 0. The lowest BCUT2D eigenvalue weighted by atomic mass is 10.2. The molecule has 0 atom stereocenters. The largest absolute Gasteiger partial charge is 0.484 e. The average Bonchev–Trinajstić information content (AvgIpc) is 2.45. The van der Waals surface area contributed by atoms with Gasteiger partial charge in [-0.25, -0.2) is 4.39 Å². The number of hydrogen-bond acceptors (Lipinski definition) is 2. The third-order valence-corrected chi connectivity index (χ3v) is 3.06. The van der Waals surface area contributed by atoms with Gasteiger partial charge < -0.3 is 10.1 Å². The maximum Gasteiger partial charge on any atom is 0.258 e. The summed E-state index contributed by atoms with van der Waals surface area (Å²) in [6.07, 6.45) is 0. The van der Waals surface area contributed by atoms with Gasteiger partial charge in [-0.15, -0.1) is 0 Å². The lowest BCUT2D eigenvalue weighted by molar-refractivity contribution is -0.123. The molecule has 0 aliphatic rings. The number of rotatable bonds is 5. The summed E-state index contributed by atoms with van der Waals surface area (Å²) in [4.78, 5) is 11.6. The lowest BCUT2D eigenvalue weighted by Crippen LogP contribution is -2.28. The van der Waals surface area contributed by atoms with Crippen LogP contribution in [-0.4, -0.2) is 12.5 Å². The summed E-state index contributed by atoms with van der Waals surface area (Å²) in [5, 5.41) is 2.71. The molecule has 0 saturated carbocycles. The van der Waals surface area contributed by atoms with Crippen molar-refractivity contribution in [2.75, 3.05) is 6.61 Å². The third kappa shape index (κ3) is 4.66. The zero-order valence-electron chi connectivity index (χ0n) is 10.6. The highest BCUT2D eigenvalue weighted by atomic mass is 79.9. The van der Waals surface area contributed by atoms with Crippen molar-refractivity contribution in [3.63, 3.8) is 0 Å². The molecule has 2 aromatic carbocycles. The fraction of sp³-hybridized carbons (Fsp3) is 0.133. The van der Waals surface area contributed by atoms with Crippen LogP contribution in [0.15, 0.2) is 53.0 Å². The molecular formula is C15H13BrFNO2. The van der Waals surface area contributed by atoms with Crippen LogP contribution in [0.5, 0.6) is 5.75 Å². The molecule has 0 spiro atoms. The Kier molecular flexibility index (Phi) is 5.12. The molecule has 0 aromatic heterocycles. The molecule has 0 bridgehead atoms. The van der Waals surface area contributed by atoms with Crippen LogP contribution in [0, 0.1) is 5.82 Å². The van der Waals surface area contributed by atoms with Crippen molar-refractivity contribution >= 4 is 21.8 Å². The number of ether oxygens (including phenoxy) is 1. The number of carbonyl (C=O) groups is 1. The molecule has 0 aliphatic heterocycles. The zero-order chi connectivity index (χ0) is 14.4. The number of nitrogens with one attached hydrogen (secondary N) is 1. The first-order chi connectivity index (χ1) is 9.63. The summed E-state index contributed by atoms with van der Waals surface area (Å²) in [6.45, 7) is 0.290. The minimum absolute atomic E-state index is 0.0579. The Morgan fingerprint density at radius 2 is 1.95 bits per heavy atom. The first-order valence-corrected chi connectivity index (χ1v) is 6.82. The van der Waals surface area contributed by atoms with Crippen LogP contribution >= 0.6 is 15.9 Å². The minimum Gasteiger partial charge on any atom is -0.484 e. The number of benzene rings is 2. The molecule has 104 valence electrons. The van der Waals surface area contributed by atoms with Crippen LogP contribution in [0.25, 0.3) is 0 Å². The van der Waals surface area contributed by atoms with Gasteiger partial charge in [-0.3, -0.25) is 4.79 Å². The summed E-state index contributed by atoms with van der Waals surface area (Å²) in [6, 6.07) is 13.2. The maximum atomic E-state index is 12.7. The minimum atomic E-state index is -0.293. The predicted molar refractivity (Wildman–Crippen MR) is 77.9 cm³/mol. The Morgan fingerprint density at radius 3 is 2.65 bits per heavy atom. The van der Waals surface area contributed by atoms with E-state index in [1.807, 2.05) is 12.1 Å². The summed E-state index contributed by atoms with van der Waals surface area (Å²) in [5.41, 5.74) is 0.835. The van der Waals surface area contributed by atoms with Crippen LogP contribution < -0.4 is 10.1 Å². The Labute approximate surface area is 124 Å². The van der Waals surface area contributed by atoms with Gasteiger partial charge in [0.15, 0.2) is 6.61 Å². The van der Waals surface area contributed by atoms with Gasteiger partial charge in [-0.1, -0.05) is 34.1 Å². The molecule has 3 nitrogen and oxygen atoms in total. The number of hydrogen-bond donors (Lipinski definition) is 1. The van der Waals surface area contributed by atoms with Crippen LogP contribution in [-0.2, 0) is 11.3 Å². The molecule has 5 heteroatoms. The van der Waals surface area contributed by atoms with E-state index in [0.717, 1.165) is 10.0 Å². The van der Waals surface area contributed by atoms with E-state index in [-0.39, 0.29) is 18.3 Å². The van der Waals surface area contributed by atoms with Crippen molar-refractivity contribution < 1.29 is 13.9 Å². The van der Waals surface area contributed by atoms with Crippen LogP contribution in [0.3, 0.4) is 0 Å². The summed E-state index contributed by atoms with van der Waals surface area (Å²) >= 11 is 3.33. The second kappa shape index (κ2) is 7.05. The fourth-order valence-corrected chi connectivity index (χ4v) is 1.94. The van der Waals surface area contributed by atoms with Crippen molar-refractivity contribution in [2.45, 2.75) is 6.54 Å². The van der Waals surface area contributed by atoms with Gasteiger partial charge in [0.05, 0.1) is 0 Å². The maximum absolute atomic E-state index is 12.7. The second-order valence-electron chi connectivity index (χ2n) is 4.15. The van der Waals surface area contributed by atoms with Gasteiger partial charge in [0.25, 0.3) is 5.91 Å². The Balaban J connectivity index is 1.77. The van der Waals surface area contributed by atoms with Crippen molar-refractivity contribution in [3.05, 3.63) is 64.4 Å². The lowest BCUT2D eigenvalue weighted by Gasteiger charge is -2.08. The van der Waals surface area contributed by atoms with Gasteiger partial charge in [-0.2, -0.15) is 0 Å². The molecule has 0 saturated heterocycles. The Bertz CT molecular complexity index is 587. The zero-order valence-corrected chi connectivity index (χ0v) is 12.2. The quantitative estimate of drug-likeness (QED) is 0.909. The van der Waals surface area contributed by atoms with E-state index in [4.69, 9.17) is 4.74 Å². The van der Waals surface area contributed by atoms with E-state index in [1.165, 1.54) is 12.1 Å². The van der Waals surface area contributed by atoms with Crippen molar-refractivity contribution in [2.24, 2.45) is 0 Å². The van der Waals surface area contributed by atoms with Gasteiger partial charge >= 0.3 is 0 Å². The molecule has 0 radical (unpaired) electrons. The molecule has 0 fully saturated rings. The van der Waals surface area contributed by atoms with Crippen molar-refractivity contribution in [1.29, 1.82) is 0 Å². The van der Waals surface area contributed by atoms with Gasteiger partial charge in [0, 0.05) is 11.0 Å². The molecule has 0 heterocycles. The number of amides is 1. The van der Waals surface area contributed by atoms with E-state index in [9.17, 15) is 9.18 Å². The Hall–Kier alpha value is -1.88. The SMILES string of the molecule is O=C(COc1cccc(Br)c1)NCc1ccc(F)cc1. The third-order valence-electron chi connectivity index (χ3n) is 2.57. The molecule has 2 rings (SSSR count). The van der Waals surface area contributed by atoms with E-state index in [0.29, 0.717) is 12.3 Å². The van der Waals surface area contributed by atoms with E-state index >= 15 is 0 Å². The van der Waals surface area contributed by atoms with E-state index < -0.39 is 0 Å². The first-order valence-electron chi connectivity index (χ1n) is 6.03. The van der Waals surface area contributed by atoms with Crippen LogP contribution in [0.4, 0.5) is 4.39 Å². The highest BCUT2D eigenvalue weighted by molar-refractivity contribution is 9.10. The first kappa shape index (κ1) is 14.5. The Morgan fingerprint density at radius 1 is 1.20 bits per heavy atom. The molecule has 2 aromatic rings. The van der Waals surface area contributed by atoms with E-state index in [1.54, 1.807) is 24.3 Å². The van der Waals surface area contributed by atoms with Gasteiger partial charge in [0.1, 0.15) is 11.6 Å². The second-order valence-corrected chi connectivity index (χ2v) is 5.06. The van der Waals surface area contributed by atoms with Crippen molar-refractivity contribution in [3.8, 4) is 5.75 Å². The number of carbonyl (C=O) groups excluding carboxylic acids is 1. The predicted octanol–water partition coefficient (Wildman–Crippen LogP) is 3.28. The monoisotopic (exact) mass is 337 g/mol. The van der Waals surface area contributed by atoms with Gasteiger partial charge in [0.2, 0.25) is 0 Å². The molecular weight excluding hydrogens is 325 g/mol. The topological polar surface area (TPSA) is 38.3 Å². The van der Waals surface area contributed by atoms with E-state index in [2.05, 4.69) is 21.2 Å². The highest BCUT2D eigenvalue weighted by Crippen LogP contribution is 2.17. The molecule has 0 unspecified atom stereocenters. The van der Waals surface area contributed by atoms with Crippen LogP contribution in [0.2, 0.25) is 0 Å². The fourth-order valence-electron chi connectivity index (χ4n) is 1.56. The number of halogens is 2. The summed E-state index contributed by atoms with van der Waals surface area (Å²) in [5.74, 6) is 0.101. The van der Waals surface area contributed by atoms with Gasteiger partial charge in [-0.05, 0) is 35.9 Å². The smallest absolute Gasteiger partial charge is 0.258 e. The molecule has 20 heavy (non-hydrogen) atoms. The molecule has 1 N–H and O–H groups in total. The summed E-state index contributed by atoms with van der Waals surface area (Å²) < 4.78 is 19.0. The van der Waals surface area contributed by atoms with Crippen molar-refractivity contribution in [1.82, 2.24) is 5.32 Å². The van der Waals surface area contributed by atoms with Crippen LogP contribution in [0.1, 0.15) is 5.56 Å². The normalized spacial score (nSPS) is 10.1. The molecule has 1 amide bonds.